The first-order chi connectivity index (χ1) is 12.6. The maximum Gasteiger partial charge on any atom is 0.262 e. The summed E-state index contributed by atoms with van der Waals surface area (Å²) in [7, 11) is 5.18. The molecule has 1 N–H and O–H groups in total. The second-order valence-electron chi connectivity index (χ2n) is 6.19. The molecule has 1 amide bonds. The van der Waals surface area contributed by atoms with Crippen molar-refractivity contribution in [2.24, 2.45) is 0 Å². The normalized spacial score (nSPS) is 15.7. The van der Waals surface area contributed by atoms with Gasteiger partial charge in [0.05, 0.1) is 26.5 Å². The van der Waals surface area contributed by atoms with Crippen LogP contribution in [-0.4, -0.2) is 46.4 Å². The molecule has 0 bridgehead atoms. The smallest absolute Gasteiger partial charge is 0.262 e. The van der Waals surface area contributed by atoms with Crippen molar-refractivity contribution in [2.45, 2.75) is 12.5 Å². The fourth-order valence-electron chi connectivity index (χ4n) is 3.03. The number of amides is 1. The molecule has 26 heavy (non-hydrogen) atoms. The molecule has 2 aromatic carbocycles. The summed E-state index contributed by atoms with van der Waals surface area (Å²) in [6.45, 7) is 1.05. The third-order valence-electron chi connectivity index (χ3n) is 4.44. The van der Waals surface area contributed by atoms with E-state index in [0.717, 1.165) is 17.0 Å². The van der Waals surface area contributed by atoms with E-state index < -0.39 is 6.10 Å². The maximum atomic E-state index is 12.5. The molecular weight excluding hydrogens is 332 g/mol. The minimum Gasteiger partial charge on any atom is -0.493 e. The predicted octanol–water partition coefficient (Wildman–Crippen LogP) is 2.26. The number of carbonyl (C=O) groups is 1. The highest BCUT2D eigenvalue weighted by atomic mass is 16.5. The number of ether oxygens (including phenoxy) is 3. The van der Waals surface area contributed by atoms with Crippen molar-refractivity contribution in [1.29, 1.82) is 0 Å². The van der Waals surface area contributed by atoms with Crippen molar-refractivity contribution in [3.05, 3.63) is 48.0 Å². The van der Waals surface area contributed by atoms with E-state index in [1.54, 1.807) is 14.2 Å². The minimum absolute atomic E-state index is 0.105. The van der Waals surface area contributed by atoms with Gasteiger partial charge in [-0.05, 0) is 36.2 Å². The summed E-state index contributed by atoms with van der Waals surface area (Å²) < 4.78 is 16.4. The maximum absolute atomic E-state index is 12.5. The van der Waals surface area contributed by atoms with Gasteiger partial charge in [-0.3, -0.25) is 4.79 Å². The fourth-order valence-corrected chi connectivity index (χ4v) is 3.03. The SMILES string of the molecule is COc1ccc(CCNC(=O)C2CN(C)c3ccccc3O2)cc1OC. The summed E-state index contributed by atoms with van der Waals surface area (Å²) in [4.78, 5) is 14.5. The summed E-state index contributed by atoms with van der Waals surface area (Å²) in [6.07, 6.45) is 0.186. The summed E-state index contributed by atoms with van der Waals surface area (Å²) in [5, 5.41) is 2.96. The van der Waals surface area contributed by atoms with Crippen LogP contribution in [0.3, 0.4) is 0 Å². The molecule has 0 spiro atoms. The molecule has 6 heteroatoms. The molecule has 1 atom stereocenters. The molecule has 0 aromatic heterocycles. The van der Waals surface area contributed by atoms with Gasteiger partial charge in [0.25, 0.3) is 5.91 Å². The van der Waals surface area contributed by atoms with Crippen LogP contribution in [0, 0.1) is 0 Å². The van der Waals surface area contributed by atoms with Crippen molar-refractivity contribution >= 4 is 11.6 Å². The van der Waals surface area contributed by atoms with E-state index in [1.165, 1.54) is 0 Å². The van der Waals surface area contributed by atoms with Gasteiger partial charge in [-0.1, -0.05) is 18.2 Å². The monoisotopic (exact) mass is 356 g/mol. The number of carbonyl (C=O) groups excluding carboxylic acids is 1. The third kappa shape index (κ3) is 3.85. The van der Waals surface area contributed by atoms with Gasteiger partial charge < -0.3 is 24.4 Å². The Morgan fingerprint density at radius 2 is 1.96 bits per heavy atom. The lowest BCUT2D eigenvalue weighted by molar-refractivity contribution is -0.127. The first kappa shape index (κ1) is 17.9. The van der Waals surface area contributed by atoms with Gasteiger partial charge in [0.1, 0.15) is 5.75 Å². The zero-order valence-electron chi connectivity index (χ0n) is 15.3. The van der Waals surface area contributed by atoms with Crippen LogP contribution in [0.25, 0.3) is 0 Å². The van der Waals surface area contributed by atoms with Gasteiger partial charge in [0, 0.05) is 13.6 Å². The van der Waals surface area contributed by atoms with Crippen molar-refractivity contribution in [1.82, 2.24) is 5.32 Å². The van der Waals surface area contributed by atoms with Crippen LogP contribution in [0.4, 0.5) is 5.69 Å². The molecule has 3 rings (SSSR count). The Hall–Kier alpha value is -2.89. The van der Waals surface area contributed by atoms with E-state index in [0.29, 0.717) is 31.0 Å². The first-order valence-corrected chi connectivity index (χ1v) is 8.58. The highest BCUT2D eigenvalue weighted by Gasteiger charge is 2.28. The number of para-hydroxylation sites is 2. The average Bonchev–Trinajstić information content (AvgIpc) is 2.67. The highest BCUT2D eigenvalue weighted by molar-refractivity contribution is 5.83. The summed E-state index contributed by atoms with van der Waals surface area (Å²) in [5.41, 5.74) is 2.07. The Labute approximate surface area is 153 Å². The third-order valence-corrected chi connectivity index (χ3v) is 4.44. The van der Waals surface area contributed by atoms with E-state index >= 15 is 0 Å². The van der Waals surface area contributed by atoms with Crippen LogP contribution < -0.4 is 24.4 Å². The van der Waals surface area contributed by atoms with Crippen LogP contribution >= 0.6 is 0 Å². The van der Waals surface area contributed by atoms with E-state index in [-0.39, 0.29) is 5.91 Å². The highest BCUT2D eigenvalue weighted by Crippen LogP contribution is 2.32. The average molecular weight is 356 g/mol. The molecule has 1 aliphatic heterocycles. The van der Waals surface area contributed by atoms with Crippen molar-refractivity contribution in [2.75, 3.05) is 39.3 Å². The molecule has 138 valence electrons. The molecule has 0 saturated heterocycles. The Morgan fingerprint density at radius 1 is 1.19 bits per heavy atom. The fraction of sp³-hybridized carbons (Fsp3) is 0.350. The Bertz CT molecular complexity index is 778. The number of fused-ring (bicyclic) bond motifs is 1. The van der Waals surface area contributed by atoms with Crippen LogP contribution in [0.5, 0.6) is 17.2 Å². The summed E-state index contributed by atoms with van der Waals surface area (Å²) in [6, 6.07) is 13.5. The zero-order chi connectivity index (χ0) is 18.5. The lowest BCUT2D eigenvalue weighted by Gasteiger charge is -2.32. The second kappa shape index (κ2) is 7.99. The standard InChI is InChI=1S/C20H24N2O4/c1-22-13-19(26-16-7-5-4-6-15(16)22)20(23)21-11-10-14-8-9-17(24-2)18(12-14)25-3/h4-9,12,19H,10-11,13H2,1-3H3,(H,21,23). The van der Waals surface area contributed by atoms with Gasteiger partial charge in [-0.2, -0.15) is 0 Å². The summed E-state index contributed by atoms with van der Waals surface area (Å²) >= 11 is 0. The molecule has 2 aromatic rings. The number of benzene rings is 2. The van der Waals surface area contributed by atoms with Gasteiger partial charge in [0.15, 0.2) is 17.6 Å². The van der Waals surface area contributed by atoms with Crippen LogP contribution in [0.15, 0.2) is 42.5 Å². The quantitative estimate of drug-likeness (QED) is 0.860. The topological polar surface area (TPSA) is 60.0 Å². The molecule has 0 aliphatic carbocycles. The van der Waals surface area contributed by atoms with Gasteiger partial charge in [-0.15, -0.1) is 0 Å². The minimum atomic E-state index is -0.514. The van der Waals surface area contributed by atoms with Crippen molar-refractivity contribution in [3.8, 4) is 17.2 Å². The molecule has 1 heterocycles. The lowest BCUT2D eigenvalue weighted by atomic mass is 10.1. The van der Waals surface area contributed by atoms with E-state index in [2.05, 4.69) is 5.32 Å². The molecule has 0 saturated carbocycles. The number of methoxy groups -OCH3 is 2. The number of nitrogens with one attached hydrogen (secondary N) is 1. The molecule has 0 radical (unpaired) electrons. The summed E-state index contributed by atoms with van der Waals surface area (Å²) in [5.74, 6) is 2.01. The Kier molecular flexibility index (Phi) is 5.51. The van der Waals surface area contributed by atoms with Crippen LogP contribution in [0.1, 0.15) is 5.56 Å². The molecule has 1 unspecified atom stereocenters. The van der Waals surface area contributed by atoms with Gasteiger partial charge in [-0.25, -0.2) is 0 Å². The zero-order valence-corrected chi connectivity index (χ0v) is 15.3. The Morgan fingerprint density at radius 3 is 2.73 bits per heavy atom. The first-order valence-electron chi connectivity index (χ1n) is 8.58. The van der Waals surface area contributed by atoms with E-state index in [9.17, 15) is 4.79 Å². The van der Waals surface area contributed by atoms with Crippen molar-refractivity contribution < 1.29 is 19.0 Å². The number of hydrogen-bond donors (Lipinski definition) is 1. The molecular formula is C20H24N2O4. The number of hydrogen-bond acceptors (Lipinski definition) is 5. The number of nitrogens with zero attached hydrogens (tertiary/aromatic N) is 1. The van der Waals surface area contributed by atoms with Gasteiger partial charge >= 0.3 is 0 Å². The Balaban J connectivity index is 1.55. The van der Waals surface area contributed by atoms with E-state index in [1.807, 2.05) is 54.4 Å². The number of anilines is 1. The second-order valence-corrected chi connectivity index (χ2v) is 6.19. The van der Waals surface area contributed by atoms with Crippen LogP contribution in [0.2, 0.25) is 0 Å². The number of rotatable bonds is 6. The number of likely N-dealkylation sites (N-methyl/N-ethyl adjacent to an activating group) is 1. The predicted molar refractivity (Wildman–Crippen MR) is 100 cm³/mol. The largest absolute Gasteiger partial charge is 0.493 e. The molecule has 6 nitrogen and oxygen atoms in total. The van der Waals surface area contributed by atoms with Gasteiger partial charge in [0.2, 0.25) is 0 Å². The molecule has 0 fully saturated rings. The molecule has 1 aliphatic rings. The lowest BCUT2D eigenvalue weighted by Crippen LogP contribution is -2.48. The van der Waals surface area contributed by atoms with Crippen molar-refractivity contribution in [3.63, 3.8) is 0 Å². The van der Waals surface area contributed by atoms with E-state index in [4.69, 9.17) is 14.2 Å². The van der Waals surface area contributed by atoms with Crippen LogP contribution in [-0.2, 0) is 11.2 Å².